The molecule has 1 saturated carbocycles. The van der Waals surface area contributed by atoms with Crippen molar-refractivity contribution in [3.05, 3.63) is 59.6 Å². The number of fused-ring (bicyclic) bond motifs is 1. The summed E-state index contributed by atoms with van der Waals surface area (Å²) in [6.45, 7) is 3.31. The van der Waals surface area contributed by atoms with Crippen LogP contribution in [-0.4, -0.2) is 52.4 Å². The lowest BCUT2D eigenvalue weighted by atomic mass is 9.88. The molecule has 3 fully saturated rings. The second-order valence-electron chi connectivity index (χ2n) is 12.2. The molecule has 7 rings (SSSR count). The minimum absolute atomic E-state index is 0.133. The van der Waals surface area contributed by atoms with Crippen molar-refractivity contribution in [2.24, 2.45) is 17.0 Å². The summed E-state index contributed by atoms with van der Waals surface area (Å²) in [5.74, 6) is 1.22. The van der Waals surface area contributed by atoms with Crippen LogP contribution in [0.4, 0.5) is 20.3 Å². The molecular formula is C33H35F2N5O3. The minimum atomic E-state index is -0.583. The van der Waals surface area contributed by atoms with Crippen LogP contribution in [0.1, 0.15) is 58.3 Å². The van der Waals surface area contributed by atoms with Gasteiger partial charge in [0.1, 0.15) is 29.5 Å². The van der Waals surface area contributed by atoms with Gasteiger partial charge in [0.25, 0.3) is 0 Å². The van der Waals surface area contributed by atoms with Crippen LogP contribution in [-0.2, 0) is 9.63 Å². The minimum Gasteiger partial charge on any atom is -0.394 e. The molecule has 1 amide bonds. The lowest BCUT2D eigenvalue weighted by molar-refractivity contribution is -0.117. The van der Waals surface area contributed by atoms with Gasteiger partial charge < -0.3 is 19.7 Å². The third kappa shape index (κ3) is 5.15. The Labute approximate surface area is 249 Å². The number of nitrogens with zero attached hydrogens (tertiary/aromatic N) is 5. The van der Waals surface area contributed by atoms with Gasteiger partial charge in [0, 0.05) is 36.9 Å². The van der Waals surface area contributed by atoms with Crippen LogP contribution in [0.5, 0.6) is 0 Å². The third-order valence-corrected chi connectivity index (χ3v) is 9.42. The molecule has 4 heterocycles. The summed E-state index contributed by atoms with van der Waals surface area (Å²) < 4.78 is 30.8. The van der Waals surface area contributed by atoms with Crippen molar-refractivity contribution >= 4 is 34.0 Å². The number of oxime groups is 1. The number of aliphatic hydroxyl groups excluding tert-OH is 1. The van der Waals surface area contributed by atoms with E-state index in [1.54, 1.807) is 18.2 Å². The summed E-state index contributed by atoms with van der Waals surface area (Å²) in [6, 6.07) is 7.13. The van der Waals surface area contributed by atoms with E-state index in [2.05, 4.69) is 26.9 Å². The fourth-order valence-electron chi connectivity index (χ4n) is 6.85. The Balaban J connectivity index is 1.13. The van der Waals surface area contributed by atoms with Gasteiger partial charge in [0.05, 0.1) is 35.0 Å². The first-order valence-electron chi connectivity index (χ1n) is 15.3. The molecule has 1 aromatic heterocycles. The lowest BCUT2D eigenvalue weighted by Gasteiger charge is -2.33. The van der Waals surface area contributed by atoms with E-state index in [1.165, 1.54) is 41.8 Å². The first-order valence-corrected chi connectivity index (χ1v) is 15.3. The van der Waals surface area contributed by atoms with E-state index in [1.807, 2.05) is 0 Å². The number of amides is 1. The zero-order valence-corrected chi connectivity index (χ0v) is 24.2. The van der Waals surface area contributed by atoms with Gasteiger partial charge in [-0.05, 0) is 87.3 Å². The zero-order chi connectivity index (χ0) is 29.7. The Morgan fingerprint density at radius 3 is 2.51 bits per heavy atom. The second-order valence-corrected chi connectivity index (χ2v) is 12.2. The predicted molar refractivity (Wildman–Crippen MR) is 161 cm³/mol. The maximum atomic E-state index is 15.4. The Bertz CT molecular complexity index is 1640. The molecule has 0 unspecified atom stereocenters. The third-order valence-electron chi connectivity index (χ3n) is 9.42. The zero-order valence-electron chi connectivity index (χ0n) is 24.2. The van der Waals surface area contributed by atoms with Crippen molar-refractivity contribution in [1.82, 2.24) is 9.97 Å². The van der Waals surface area contributed by atoms with E-state index in [4.69, 9.17) is 4.84 Å². The average Bonchev–Trinajstić information content (AvgIpc) is 3.82. The van der Waals surface area contributed by atoms with Gasteiger partial charge in [0.15, 0.2) is 0 Å². The summed E-state index contributed by atoms with van der Waals surface area (Å²) in [5, 5.41) is 14.6. The monoisotopic (exact) mass is 587 g/mol. The highest BCUT2D eigenvalue weighted by Crippen LogP contribution is 2.41. The number of rotatable bonds is 6. The Morgan fingerprint density at radius 1 is 0.953 bits per heavy atom. The van der Waals surface area contributed by atoms with Gasteiger partial charge in [-0.2, -0.15) is 0 Å². The Hall–Kier alpha value is -3.92. The van der Waals surface area contributed by atoms with Gasteiger partial charge in [-0.1, -0.05) is 11.2 Å². The number of benzene rings is 2. The number of allylic oxidation sites excluding steroid dienone is 2. The largest absolute Gasteiger partial charge is 0.394 e. The van der Waals surface area contributed by atoms with Crippen molar-refractivity contribution in [3.8, 4) is 11.1 Å². The second kappa shape index (κ2) is 11.3. The van der Waals surface area contributed by atoms with Crippen LogP contribution in [0, 0.1) is 23.5 Å². The lowest BCUT2D eigenvalue weighted by Crippen LogP contribution is -2.37. The number of halogens is 2. The maximum absolute atomic E-state index is 15.4. The molecule has 224 valence electrons. The molecule has 0 bridgehead atoms. The van der Waals surface area contributed by atoms with E-state index in [0.717, 1.165) is 37.2 Å². The number of carbonyl (C=O) groups excluding carboxylic acids is 1. The average molecular weight is 588 g/mol. The van der Waals surface area contributed by atoms with E-state index in [-0.39, 0.29) is 24.6 Å². The predicted octanol–water partition coefficient (Wildman–Crippen LogP) is 6.13. The van der Waals surface area contributed by atoms with Crippen molar-refractivity contribution < 1.29 is 23.5 Å². The fraction of sp³-hybridized carbons (Fsp3) is 0.455. The van der Waals surface area contributed by atoms with Gasteiger partial charge in [-0.3, -0.25) is 4.79 Å². The Morgan fingerprint density at radius 2 is 1.77 bits per heavy atom. The van der Waals surface area contributed by atoms with Crippen LogP contribution in [0.3, 0.4) is 0 Å². The standard InChI is InChI=1S/C33H35F2N5O3/c1-19-2-9-27(38-43-32(19)21-3-4-21)20-12-14-39(15-13-20)33-30-25(34)8-7-24(31(30)36-18-37-33)22-5-10-28(26(35)16-22)40-23(17-41)6-11-29(40)42/h5,7-8,10,16,18,20-21,23,41H,2-4,6,9,11-15,17H2,1H3/t23-/m0/s1. The molecule has 2 aromatic carbocycles. The van der Waals surface area contributed by atoms with Crippen LogP contribution in [0.2, 0.25) is 0 Å². The molecule has 3 aliphatic heterocycles. The number of anilines is 2. The Kier molecular flexibility index (Phi) is 7.33. The molecule has 10 heteroatoms. The quantitative estimate of drug-likeness (QED) is 0.373. The molecule has 43 heavy (non-hydrogen) atoms. The summed E-state index contributed by atoms with van der Waals surface area (Å²) in [5.41, 5.74) is 4.05. The normalized spacial score (nSPS) is 21.8. The summed E-state index contributed by atoms with van der Waals surface area (Å²) in [7, 11) is 0. The fourth-order valence-corrected chi connectivity index (χ4v) is 6.85. The number of carbonyl (C=O) groups is 1. The molecule has 3 aromatic rings. The summed E-state index contributed by atoms with van der Waals surface area (Å²) in [4.78, 5) is 30.7. The highest BCUT2D eigenvalue weighted by molar-refractivity contribution is 6.01. The first kappa shape index (κ1) is 27.9. The topological polar surface area (TPSA) is 91.2 Å². The van der Waals surface area contributed by atoms with E-state index in [0.29, 0.717) is 59.2 Å². The van der Waals surface area contributed by atoms with Gasteiger partial charge in [0.2, 0.25) is 5.91 Å². The molecule has 8 nitrogen and oxygen atoms in total. The number of aliphatic hydroxyl groups is 1. The van der Waals surface area contributed by atoms with Crippen molar-refractivity contribution in [1.29, 1.82) is 0 Å². The van der Waals surface area contributed by atoms with Gasteiger partial charge >= 0.3 is 0 Å². The molecule has 4 aliphatic rings. The molecule has 0 spiro atoms. The van der Waals surface area contributed by atoms with Crippen LogP contribution in [0.25, 0.3) is 22.0 Å². The van der Waals surface area contributed by atoms with E-state index in [9.17, 15) is 9.90 Å². The van der Waals surface area contributed by atoms with Crippen molar-refractivity contribution in [2.75, 3.05) is 29.5 Å². The van der Waals surface area contributed by atoms with Crippen LogP contribution >= 0.6 is 0 Å². The highest BCUT2D eigenvalue weighted by atomic mass is 19.1. The number of hydrogen-bond acceptors (Lipinski definition) is 7. The number of piperidine rings is 1. The number of aromatic nitrogens is 2. The van der Waals surface area contributed by atoms with Crippen LogP contribution in [0.15, 0.2) is 53.1 Å². The molecular weight excluding hydrogens is 552 g/mol. The van der Waals surface area contributed by atoms with E-state index < -0.39 is 17.7 Å². The van der Waals surface area contributed by atoms with Gasteiger partial charge in [-0.25, -0.2) is 18.7 Å². The molecule has 0 radical (unpaired) electrons. The maximum Gasteiger partial charge on any atom is 0.227 e. The molecule has 1 N–H and O–H groups in total. The molecule has 2 saturated heterocycles. The smallest absolute Gasteiger partial charge is 0.227 e. The van der Waals surface area contributed by atoms with Crippen molar-refractivity contribution in [2.45, 2.75) is 64.3 Å². The SMILES string of the molecule is CC1=C(C2CC2)ON=C(C2CCN(c3ncnc4c(-c5ccc(N6C(=O)CC[C@H]6CO)c(F)c5)ccc(F)c34)CC2)CC1. The molecule has 1 atom stereocenters. The van der Waals surface area contributed by atoms with Crippen LogP contribution < -0.4 is 9.80 Å². The highest BCUT2D eigenvalue weighted by Gasteiger charge is 2.34. The summed E-state index contributed by atoms with van der Waals surface area (Å²) >= 11 is 0. The van der Waals surface area contributed by atoms with Crippen molar-refractivity contribution in [3.63, 3.8) is 0 Å². The number of hydrogen-bond donors (Lipinski definition) is 1. The molecule has 1 aliphatic carbocycles. The van der Waals surface area contributed by atoms with Gasteiger partial charge in [-0.15, -0.1) is 0 Å². The summed E-state index contributed by atoms with van der Waals surface area (Å²) in [6.07, 6.45) is 8.17. The van der Waals surface area contributed by atoms with E-state index >= 15 is 8.78 Å². The first-order chi connectivity index (χ1) is 20.9.